The highest BCUT2D eigenvalue weighted by molar-refractivity contribution is 5.08. The van der Waals surface area contributed by atoms with Crippen LogP contribution in [0, 0.1) is 0 Å². The van der Waals surface area contributed by atoms with Crippen molar-refractivity contribution in [3.63, 3.8) is 0 Å². The monoisotopic (exact) mass is 231 g/mol. The van der Waals surface area contributed by atoms with Gasteiger partial charge in [-0.05, 0) is 43.9 Å². The van der Waals surface area contributed by atoms with Crippen molar-refractivity contribution >= 4 is 0 Å². The molecule has 1 aromatic rings. The summed E-state index contributed by atoms with van der Waals surface area (Å²) in [6.45, 7) is 3.66. The van der Waals surface area contributed by atoms with Gasteiger partial charge in [0.1, 0.15) is 0 Å². The van der Waals surface area contributed by atoms with E-state index in [2.05, 4.69) is 21.3 Å². The number of rotatable bonds is 5. The molecule has 1 saturated carbocycles. The van der Waals surface area contributed by atoms with Crippen LogP contribution in [0.1, 0.15) is 24.8 Å². The van der Waals surface area contributed by atoms with E-state index in [0.717, 1.165) is 18.5 Å². The van der Waals surface area contributed by atoms with E-state index in [0.29, 0.717) is 0 Å². The molecule has 1 unspecified atom stereocenters. The van der Waals surface area contributed by atoms with Crippen LogP contribution in [0.15, 0.2) is 24.5 Å². The summed E-state index contributed by atoms with van der Waals surface area (Å²) in [5.41, 5.74) is 1.35. The smallest absolute Gasteiger partial charge is 0.0300 e. The molecule has 17 heavy (non-hydrogen) atoms. The van der Waals surface area contributed by atoms with Gasteiger partial charge in [0.25, 0.3) is 0 Å². The number of nitrogens with zero attached hydrogens (tertiary/aromatic N) is 2. The highest BCUT2D eigenvalue weighted by Crippen LogP contribution is 2.21. The summed E-state index contributed by atoms with van der Waals surface area (Å²) in [4.78, 5) is 6.74. The molecule has 1 saturated heterocycles. The molecule has 1 aliphatic carbocycles. The molecule has 0 bridgehead atoms. The molecule has 3 heteroatoms. The van der Waals surface area contributed by atoms with Crippen LogP contribution in [-0.2, 0) is 6.42 Å². The van der Waals surface area contributed by atoms with E-state index < -0.39 is 0 Å². The summed E-state index contributed by atoms with van der Waals surface area (Å²) in [5.74, 6) is 0. The third-order valence-corrected chi connectivity index (χ3v) is 3.76. The first-order valence-corrected chi connectivity index (χ1v) is 6.77. The lowest BCUT2D eigenvalue weighted by atomic mass is 10.2. The average Bonchev–Trinajstić information content (AvgIpc) is 3.06. The third kappa shape index (κ3) is 3.27. The lowest BCUT2D eigenvalue weighted by Crippen LogP contribution is -2.34. The second kappa shape index (κ2) is 5.15. The summed E-state index contributed by atoms with van der Waals surface area (Å²) >= 11 is 0. The maximum atomic E-state index is 4.16. The van der Waals surface area contributed by atoms with Crippen molar-refractivity contribution in [3.05, 3.63) is 30.1 Å². The van der Waals surface area contributed by atoms with E-state index in [1.807, 2.05) is 18.5 Å². The second-order valence-corrected chi connectivity index (χ2v) is 5.34. The van der Waals surface area contributed by atoms with E-state index in [1.54, 1.807) is 0 Å². The van der Waals surface area contributed by atoms with Crippen molar-refractivity contribution in [2.45, 2.75) is 37.8 Å². The zero-order chi connectivity index (χ0) is 11.5. The highest BCUT2D eigenvalue weighted by Gasteiger charge is 2.28. The zero-order valence-corrected chi connectivity index (χ0v) is 10.3. The van der Waals surface area contributed by atoms with Crippen molar-refractivity contribution in [3.8, 4) is 0 Å². The maximum Gasteiger partial charge on any atom is 0.0300 e. The average molecular weight is 231 g/mol. The number of aromatic nitrogens is 1. The summed E-state index contributed by atoms with van der Waals surface area (Å²) in [5, 5.41) is 3.73. The summed E-state index contributed by atoms with van der Waals surface area (Å²) in [6, 6.07) is 5.79. The highest BCUT2D eigenvalue weighted by atomic mass is 15.2. The van der Waals surface area contributed by atoms with Crippen molar-refractivity contribution in [1.82, 2.24) is 15.2 Å². The number of pyridine rings is 1. The molecule has 2 heterocycles. The third-order valence-electron chi connectivity index (χ3n) is 3.76. The quantitative estimate of drug-likeness (QED) is 0.831. The van der Waals surface area contributed by atoms with Gasteiger partial charge in [-0.25, -0.2) is 0 Å². The molecule has 1 aromatic heterocycles. The van der Waals surface area contributed by atoms with Gasteiger partial charge >= 0.3 is 0 Å². The van der Waals surface area contributed by atoms with Crippen LogP contribution in [0.4, 0.5) is 0 Å². The fourth-order valence-electron chi connectivity index (χ4n) is 2.59. The Morgan fingerprint density at radius 2 is 2.24 bits per heavy atom. The molecule has 1 atom stereocenters. The molecular weight excluding hydrogens is 210 g/mol. The Balaban J connectivity index is 1.41. The fraction of sp³-hybridized carbons (Fsp3) is 0.643. The minimum Gasteiger partial charge on any atom is -0.310 e. The number of hydrogen-bond acceptors (Lipinski definition) is 3. The van der Waals surface area contributed by atoms with Gasteiger partial charge in [0.2, 0.25) is 0 Å². The molecule has 0 radical (unpaired) electrons. The normalized spacial score (nSPS) is 25.3. The first-order chi connectivity index (χ1) is 8.40. The van der Waals surface area contributed by atoms with Crippen LogP contribution in [0.25, 0.3) is 0 Å². The van der Waals surface area contributed by atoms with Crippen molar-refractivity contribution < 1.29 is 0 Å². The maximum absolute atomic E-state index is 4.16. The van der Waals surface area contributed by atoms with Gasteiger partial charge in [-0.1, -0.05) is 6.07 Å². The van der Waals surface area contributed by atoms with Gasteiger partial charge in [-0.15, -0.1) is 0 Å². The van der Waals surface area contributed by atoms with Crippen molar-refractivity contribution in [2.75, 3.05) is 19.6 Å². The van der Waals surface area contributed by atoms with Gasteiger partial charge in [-0.2, -0.15) is 0 Å². The largest absolute Gasteiger partial charge is 0.310 e. The summed E-state index contributed by atoms with van der Waals surface area (Å²) in [7, 11) is 0. The number of likely N-dealkylation sites (tertiary alicyclic amines) is 1. The predicted octanol–water partition coefficient (Wildman–Crippen LogP) is 1.45. The molecule has 0 amide bonds. The summed E-state index contributed by atoms with van der Waals surface area (Å²) < 4.78 is 0. The van der Waals surface area contributed by atoms with Crippen LogP contribution in [0.3, 0.4) is 0 Å². The van der Waals surface area contributed by atoms with Crippen LogP contribution in [-0.4, -0.2) is 41.6 Å². The van der Waals surface area contributed by atoms with Crippen LogP contribution < -0.4 is 5.32 Å². The first kappa shape index (κ1) is 11.2. The molecule has 1 N–H and O–H groups in total. The van der Waals surface area contributed by atoms with Crippen LogP contribution in [0.2, 0.25) is 0 Å². The number of hydrogen-bond donors (Lipinski definition) is 1. The molecule has 3 nitrogen and oxygen atoms in total. The van der Waals surface area contributed by atoms with E-state index in [4.69, 9.17) is 0 Å². The van der Waals surface area contributed by atoms with Crippen molar-refractivity contribution in [2.24, 2.45) is 0 Å². The Labute approximate surface area is 103 Å². The Bertz CT molecular complexity index is 348. The Morgan fingerprint density at radius 3 is 3.00 bits per heavy atom. The summed E-state index contributed by atoms with van der Waals surface area (Å²) in [6.07, 6.45) is 9.07. The topological polar surface area (TPSA) is 28.2 Å². The van der Waals surface area contributed by atoms with Crippen LogP contribution in [0.5, 0.6) is 0 Å². The second-order valence-electron chi connectivity index (χ2n) is 5.34. The molecule has 2 fully saturated rings. The Hall–Kier alpha value is -0.930. The van der Waals surface area contributed by atoms with E-state index >= 15 is 0 Å². The van der Waals surface area contributed by atoms with Crippen molar-refractivity contribution in [1.29, 1.82) is 0 Å². The van der Waals surface area contributed by atoms with Gasteiger partial charge in [-0.3, -0.25) is 4.98 Å². The molecule has 0 aromatic carbocycles. The van der Waals surface area contributed by atoms with Gasteiger partial charge in [0, 0.05) is 37.6 Å². The predicted molar refractivity (Wildman–Crippen MR) is 68.9 cm³/mol. The SMILES string of the molecule is c1cncc(CCN2CCC(NC3CC3)C2)c1. The lowest BCUT2D eigenvalue weighted by Gasteiger charge is -2.16. The minimum absolute atomic E-state index is 0.747. The van der Waals surface area contributed by atoms with E-state index in [1.165, 1.54) is 44.5 Å². The van der Waals surface area contributed by atoms with Gasteiger partial charge in [0.05, 0.1) is 0 Å². The fourth-order valence-corrected chi connectivity index (χ4v) is 2.59. The molecular formula is C14H21N3. The minimum atomic E-state index is 0.747. The zero-order valence-electron chi connectivity index (χ0n) is 10.3. The first-order valence-electron chi connectivity index (χ1n) is 6.77. The molecule has 3 rings (SSSR count). The van der Waals surface area contributed by atoms with Crippen LogP contribution >= 0.6 is 0 Å². The molecule has 1 aliphatic heterocycles. The standard InChI is InChI=1S/C14H21N3/c1-2-12(10-15-7-1)5-8-17-9-6-14(11-17)16-13-3-4-13/h1-2,7,10,13-14,16H,3-6,8-9,11H2. The number of nitrogens with one attached hydrogen (secondary N) is 1. The van der Waals surface area contributed by atoms with E-state index in [-0.39, 0.29) is 0 Å². The van der Waals surface area contributed by atoms with E-state index in [9.17, 15) is 0 Å². The van der Waals surface area contributed by atoms with Gasteiger partial charge in [0.15, 0.2) is 0 Å². The lowest BCUT2D eigenvalue weighted by molar-refractivity contribution is 0.331. The Morgan fingerprint density at radius 1 is 1.29 bits per heavy atom. The molecule has 2 aliphatic rings. The van der Waals surface area contributed by atoms with Gasteiger partial charge < -0.3 is 10.2 Å². The molecule has 0 spiro atoms. The Kier molecular flexibility index (Phi) is 3.39. The molecule has 92 valence electrons.